The van der Waals surface area contributed by atoms with Crippen LogP contribution in [0.25, 0.3) is 6.08 Å². The molecule has 2 aromatic rings. The molecule has 0 spiro atoms. The van der Waals surface area contributed by atoms with E-state index in [4.69, 9.17) is 0 Å². The summed E-state index contributed by atoms with van der Waals surface area (Å²) >= 11 is 0. The van der Waals surface area contributed by atoms with E-state index in [1.165, 1.54) is 25.1 Å². The van der Waals surface area contributed by atoms with Crippen LogP contribution in [-0.4, -0.2) is 46.8 Å². The number of carbonyl (C=O) groups is 3. The lowest BCUT2D eigenvalue weighted by Crippen LogP contribution is -2.33. The number of nitrogens with one attached hydrogen (secondary N) is 1. The van der Waals surface area contributed by atoms with Crippen molar-refractivity contribution in [3.05, 3.63) is 76.5 Å². The Balaban J connectivity index is 2.38. The van der Waals surface area contributed by atoms with E-state index in [1.54, 1.807) is 17.0 Å². The number of aliphatic hydroxyl groups excluding tert-OH is 1. The van der Waals surface area contributed by atoms with Gasteiger partial charge in [0.2, 0.25) is 0 Å². The van der Waals surface area contributed by atoms with Crippen molar-refractivity contribution < 1.29 is 28.3 Å². The summed E-state index contributed by atoms with van der Waals surface area (Å²) in [6.07, 6.45) is 2.12. The fourth-order valence-electron chi connectivity index (χ4n) is 4.10. The summed E-state index contributed by atoms with van der Waals surface area (Å²) in [7, 11) is 0. The van der Waals surface area contributed by atoms with Crippen LogP contribution in [-0.2, 0) is 4.79 Å². The van der Waals surface area contributed by atoms with Crippen LogP contribution in [0.5, 0.6) is 0 Å². The third-order valence-electron chi connectivity index (χ3n) is 6.05. The summed E-state index contributed by atoms with van der Waals surface area (Å²) in [5.41, 5.74) is 0.628. The molecule has 2 aromatic carbocycles. The Kier molecular flexibility index (Phi) is 11.6. The summed E-state index contributed by atoms with van der Waals surface area (Å²) in [4.78, 5) is 39.8. The second-order valence-corrected chi connectivity index (χ2v) is 9.10. The van der Waals surface area contributed by atoms with Gasteiger partial charge in [-0.1, -0.05) is 26.8 Å². The molecule has 37 heavy (non-hydrogen) atoms. The topological polar surface area (TPSA) is 86.7 Å². The van der Waals surface area contributed by atoms with Crippen molar-refractivity contribution in [2.45, 2.75) is 59.5 Å². The van der Waals surface area contributed by atoms with Crippen molar-refractivity contribution >= 4 is 23.7 Å². The molecule has 0 fully saturated rings. The van der Waals surface area contributed by atoms with Crippen molar-refractivity contribution in [3.63, 3.8) is 0 Å². The molecule has 0 saturated carbocycles. The minimum atomic E-state index is -1.28. The second kappa shape index (κ2) is 14.4. The zero-order valence-corrected chi connectivity index (χ0v) is 21.9. The Morgan fingerprint density at radius 1 is 0.973 bits per heavy atom. The molecule has 0 heterocycles. The fourth-order valence-corrected chi connectivity index (χ4v) is 4.10. The predicted molar refractivity (Wildman–Crippen MR) is 140 cm³/mol. The van der Waals surface area contributed by atoms with Gasteiger partial charge in [0, 0.05) is 41.9 Å². The SMILES string of the molecule is CCCN(CCC)C(=O)c1cccc(C(=O)N/C(=C/c2cc(F)cc(F)c2)[C@@H](O)C[C@@H](CC)C(C)=O)c1. The number of rotatable bonds is 13. The zero-order chi connectivity index (χ0) is 27.5. The van der Waals surface area contributed by atoms with E-state index in [-0.39, 0.29) is 34.9 Å². The molecule has 6 nitrogen and oxygen atoms in total. The van der Waals surface area contributed by atoms with Crippen LogP contribution in [0.1, 0.15) is 79.7 Å². The number of aliphatic hydroxyl groups is 1. The number of hydrogen-bond donors (Lipinski definition) is 2. The molecule has 200 valence electrons. The first kappa shape index (κ1) is 29.8. The average molecular weight is 515 g/mol. The minimum absolute atomic E-state index is 0.00924. The summed E-state index contributed by atoms with van der Waals surface area (Å²) in [5, 5.41) is 13.5. The summed E-state index contributed by atoms with van der Waals surface area (Å²) in [6.45, 7) is 8.40. The molecule has 0 aliphatic rings. The van der Waals surface area contributed by atoms with Gasteiger partial charge in [0.15, 0.2) is 0 Å². The highest BCUT2D eigenvalue weighted by atomic mass is 19.1. The third-order valence-corrected chi connectivity index (χ3v) is 6.05. The Hall–Kier alpha value is -3.39. The monoisotopic (exact) mass is 514 g/mol. The maximum absolute atomic E-state index is 13.8. The maximum Gasteiger partial charge on any atom is 0.255 e. The van der Waals surface area contributed by atoms with Gasteiger partial charge in [-0.3, -0.25) is 14.4 Å². The van der Waals surface area contributed by atoms with Gasteiger partial charge in [-0.2, -0.15) is 0 Å². The number of nitrogens with zero attached hydrogens (tertiary/aromatic N) is 1. The van der Waals surface area contributed by atoms with Crippen molar-refractivity contribution in [3.8, 4) is 0 Å². The van der Waals surface area contributed by atoms with Gasteiger partial charge in [-0.05, 0) is 74.6 Å². The molecule has 2 rings (SSSR count). The molecule has 2 atom stereocenters. The largest absolute Gasteiger partial charge is 0.387 e. The molecule has 0 aliphatic heterocycles. The first-order valence-corrected chi connectivity index (χ1v) is 12.7. The molecule has 2 N–H and O–H groups in total. The molecule has 0 radical (unpaired) electrons. The fraction of sp³-hybridized carbons (Fsp3) is 0.414. The first-order valence-electron chi connectivity index (χ1n) is 12.7. The molecule has 0 bridgehead atoms. The lowest BCUT2D eigenvalue weighted by Gasteiger charge is -2.22. The highest BCUT2D eigenvalue weighted by Gasteiger charge is 2.23. The highest BCUT2D eigenvalue weighted by molar-refractivity contribution is 6.00. The van der Waals surface area contributed by atoms with Gasteiger partial charge < -0.3 is 15.3 Å². The quantitative estimate of drug-likeness (QED) is 0.377. The predicted octanol–water partition coefficient (Wildman–Crippen LogP) is 5.36. The van der Waals surface area contributed by atoms with Gasteiger partial charge in [-0.15, -0.1) is 0 Å². The van der Waals surface area contributed by atoms with Crippen LogP contribution in [0.4, 0.5) is 8.78 Å². The van der Waals surface area contributed by atoms with E-state index in [1.807, 2.05) is 20.8 Å². The Morgan fingerprint density at radius 3 is 2.11 bits per heavy atom. The molecule has 8 heteroatoms. The number of halogens is 2. The van der Waals surface area contributed by atoms with Crippen LogP contribution in [0.3, 0.4) is 0 Å². The minimum Gasteiger partial charge on any atom is -0.387 e. The lowest BCUT2D eigenvalue weighted by atomic mass is 9.93. The van der Waals surface area contributed by atoms with Crippen LogP contribution in [0.15, 0.2) is 48.2 Å². The van der Waals surface area contributed by atoms with E-state index < -0.39 is 29.6 Å². The van der Waals surface area contributed by atoms with Gasteiger partial charge in [0.1, 0.15) is 17.4 Å². The molecule has 0 saturated heterocycles. The number of Topliss-reactive ketones (excluding diaryl/α,β-unsaturated/α-hetero) is 1. The van der Waals surface area contributed by atoms with E-state index in [0.717, 1.165) is 31.0 Å². The Morgan fingerprint density at radius 2 is 1.57 bits per heavy atom. The molecular formula is C29H36F2N2O4. The smallest absolute Gasteiger partial charge is 0.255 e. The average Bonchev–Trinajstić information content (AvgIpc) is 2.85. The Bertz CT molecular complexity index is 1110. The summed E-state index contributed by atoms with van der Waals surface area (Å²) in [6, 6.07) is 9.11. The van der Waals surface area contributed by atoms with E-state index in [2.05, 4.69) is 5.32 Å². The van der Waals surface area contributed by atoms with Gasteiger partial charge in [0.05, 0.1) is 6.10 Å². The number of carbonyl (C=O) groups excluding carboxylic acids is 3. The lowest BCUT2D eigenvalue weighted by molar-refractivity contribution is -0.121. The standard InChI is InChI=1S/C29H36F2N2O4/c1-5-11-33(12-6-2)29(37)23-10-8-9-22(16-23)28(36)32-26(27(35)17-21(7-3)19(4)34)15-20-13-24(30)18-25(31)14-20/h8-10,13-16,18,21,27,35H,5-7,11-12,17H2,1-4H3,(H,32,36)/b26-15+/t21-,27+/m1/s1. The van der Waals surface area contributed by atoms with Gasteiger partial charge >= 0.3 is 0 Å². The molecular weight excluding hydrogens is 478 g/mol. The van der Waals surface area contributed by atoms with Gasteiger partial charge in [0.25, 0.3) is 11.8 Å². The van der Waals surface area contributed by atoms with Gasteiger partial charge in [-0.25, -0.2) is 8.78 Å². The number of amides is 2. The van der Waals surface area contributed by atoms with Crippen LogP contribution in [0, 0.1) is 17.6 Å². The zero-order valence-electron chi connectivity index (χ0n) is 21.9. The number of ketones is 1. The van der Waals surface area contributed by atoms with Crippen LogP contribution >= 0.6 is 0 Å². The molecule has 0 aliphatic carbocycles. The van der Waals surface area contributed by atoms with Crippen LogP contribution < -0.4 is 5.32 Å². The number of benzene rings is 2. The maximum atomic E-state index is 13.8. The normalized spacial score (nSPS) is 13.1. The van der Waals surface area contributed by atoms with Crippen molar-refractivity contribution in [1.82, 2.24) is 10.2 Å². The van der Waals surface area contributed by atoms with Crippen molar-refractivity contribution in [1.29, 1.82) is 0 Å². The second-order valence-electron chi connectivity index (χ2n) is 9.10. The van der Waals surface area contributed by atoms with Crippen molar-refractivity contribution in [2.75, 3.05) is 13.1 Å². The Labute approximate surface area is 217 Å². The molecule has 0 unspecified atom stereocenters. The van der Waals surface area contributed by atoms with E-state index in [9.17, 15) is 28.3 Å². The molecule has 2 amide bonds. The highest BCUT2D eigenvalue weighted by Crippen LogP contribution is 2.20. The summed E-state index contributed by atoms with van der Waals surface area (Å²) < 4.78 is 27.5. The van der Waals surface area contributed by atoms with E-state index >= 15 is 0 Å². The molecule has 0 aromatic heterocycles. The van der Waals surface area contributed by atoms with E-state index in [0.29, 0.717) is 25.1 Å². The third kappa shape index (κ3) is 8.89. The van der Waals surface area contributed by atoms with Crippen LogP contribution in [0.2, 0.25) is 0 Å². The number of hydrogen-bond acceptors (Lipinski definition) is 4. The first-order chi connectivity index (χ1) is 17.6. The van der Waals surface area contributed by atoms with Crippen molar-refractivity contribution in [2.24, 2.45) is 5.92 Å². The summed E-state index contributed by atoms with van der Waals surface area (Å²) in [5.74, 6) is -2.97.